The van der Waals surface area contributed by atoms with Crippen LogP contribution in [0.4, 0.5) is 21.8 Å². The normalized spacial score (nSPS) is 10.4. The average molecular weight is 323 g/mol. The van der Waals surface area contributed by atoms with Crippen LogP contribution in [0.2, 0.25) is 0 Å². The molecule has 0 saturated heterocycles. The van der Waals surface area contributed by atoms with Crippen molar-refractivity contribution in [2.75, 3.05) is 16.8 Å². The lowest BCUT2D eigenvalue weighted by molar-refractivity contribution is 0.613. The minimum Gasteiger partial charge on any atom is -0.364 e. The Morgan fingerprint density at radius 3 is 2.54 bits per heavy atom. The fourth-order valence-electron chi connectivity index (χ4n) is 2.37. The van der Waals surface area contributed by atoms with Crippen LogP contribution in [0.3, 0.4) is 0 Å². The van der Waals surface area contributed by atoms with Crippen LogP contribution >= 0.6 is 0 Å². The molecule has 5 nitrogen and oxygen atoms in total. The van der Waals surface area contributed by atoms with E-state index in [4.69, 9.17) is 0 Å². The van der Waals surface area contributed by atoms with Gasteiger partial charge in [0.2, 0.25) is 0 Å². The Labute approximate surface area is 140 Å². The molecule has 0 fully saturated rings. The number of para-hydroxylation sites is 1. The maximum atomic E-state index is 13.7. The van der Waals surface area contributed by atoms with E-state index in [1.165, 1.54) is 12.3 Å². The summed E-state index contributed by atoms with van der Waals surface area (Å²) in [6.45, 7) is 3.07. The lowest BCUT2D eigenvalue weighted by Gasteiger charge is -2.20. The van der Waals surface area contributed by atoms with Crippen molar-refractivity contribution < 1.29 is 4.39 Å². The van der Waals surface area contributed by atoms with Gasteiger partial charge in [-0.2, -0.15) is 10.1 Å². The summed E-state index contributed by atoms with van der Waals surface area (Å²) in [6, 6.07) is 16.5. The molecule has 3 rings (SSSR count). The molecule has 1 N–H and O–H groups in total. The minimum atomic E-state index is -0.244. The fraction of sp³-hybridized carbons (Fsp3) is 0.167. The molecule has 0 amide bonds. The Morgan fingerprint density at radius 1 is 1.04 bits per heavy atom. The van der Waals surface area contributed by atoms with Gasteiger partial charge in [0.15, 0.2) is 5.82 Å². The summed E-state index contributed by atoms with van der Waals surface area (Å²) in [7, 11) is 0. The lowest BCUT2D eigenvalue weighted by Crippen LogP contribution is -2.20. The van der Waals surface area contributed by atoms with Crippen LogP contribution in [-0.4, -0.2) is 21.7 Å². The second-order valence-electron chi connectivity index (χ2n) is 5.17. The SMILES string of the molecule is CCN(c1ccccc1)c1nncc(NCc2ccccc2F)n1. The molecule has 0 unspecified atom stereocenters. The number of hydrogen-bond donors (Lipinski definition) is 1. The molecule has 1 heterocycles. The number of aromatic nitrogens is 3. The highest BCUT2D eigenvalue weighted by Crippen LogP contribution is 2.21. The summed E-state index contributed by atoms with van der Waals surface area (Å²) in [5.74, 6) is 0.812. The van der Waals surface area contributed by atoms with E-state index in [1.807, 2.05) is 42.2 Å². The fourth-order valence-corrected chi connectivity index (χ4v) is 2.37. The van der Waals surface area contributed by atoms with Gasteiger partial charge in [-0.3, -0.25) is 0 Å². The topological polar surface area (TPSA) is 53.9 Å². The van der Waals surface area contributed by atoms with Crippen LogP contribution in [0, 0.1) is 5.82 Å². The zero-order valence-electron chi connectivity index (χ0n) is 13.4. The van der Waals surface area contributed by atoms with Gasteiger partial charge in [0, 0.05) is 24.3 Å². The number of halogens is 1. The zero-order chi connectivity index (χ0) is 16.8. The van der Waals surface area contributed by atoms with Crippen LogP contribution in [0.15, 0.2) is 60.8 Å². The van der Waals surface area contributed by atoms with Crippen molar-refractivity contribution in [2.45, 2.75) is 13.5 Å². The summed E-state index contributed by atoms with van der Waals surface area (Å²) >= 11 is 0. The molecule has 0 spiro atoms. The monoisotopic (exact) mass is 323 g/mol. The van der Waals surface area contributed by atoms with Crippen LogP contribution in [0.25, 0.3) is 0 Å². The molecule has 0 radical (unpaired) electrons. The summed E-state index contributed by atoms with van der Waals surface area (Å²) in [5.41, 5.74) is 1.57. The van der Waals surface area contributed by atoms with Gasteiger partial charge in [-0.1, -0.05) is 36.4 Å². The summed E-state index contributed by atoms with van der Waals surface area (Å²) in [6.07, 6.45) is 1.53. The number of rotatable bonds is 6. The lowest BCUT2D eigenvalue weighted by atomic mass is 10.2. The van der Waals surface area contributed by atoms with Crippen molar-refractivity contribution in [1.82, 2.24) is 15.2 Å². The maximum Gasteiger partial charge on any atom is 0.251 e. The Morgan fingerprint density at radius 2 is 1.79 bits per heavy atom. The molecular formula is C18H18FN5. The van der Waals surface area contributed by atoms with E-state index >= 15 is 0 Å². The van der Waals surface area contributed by atoms with E-state index in [-0.39, 0.29) is 5.82 Å². The van der Waals surface area contributed by atoms with Gasteiger partial charge in [0.25, 0.3) is 5.95 Å². The Bertz CT molecular complexity index is 794. The first-order valence-electron chi connectivity index (χ1n) is 7.77. The summed E-state index contributed by atoms with van der Waals surface area (Å²) in [4.78, 5) is 6.44. The van der Waals surface area contributed by atoms with Gasteiger partial charge >= 0.3 is 0 Å². The molecule has 6 heteroatoms. The van der Waals surface area contributed by atoms with Gasteiger partial charge in [-0.05, 0) is 25.1 Å². The molecule has 0 saturated carbocycles. The van der Waals surface area contributed by atoms with E-state index < -0.39 is 0 Å². The third kappa shape index (κ3) is 3.65. The molecule has 2 aromatic carbocycles. The van der Waals surface area contributed by atoms with Gasteiger partial charge < -0.3 is 10.2 Å². The van der Waals surface area contributed by atoms with Gasteiger partial charge in [-0.15, -0.1) is 5.10 Å². The Hall–Kier alpha value is -3.02. The quantitative estimate of drug-likeness (QED) is 0.748. The van der Waals surface area contributed by atoms with Gasteiger partial charge in [-0.25, -0.2) is 4.39 Å². The smallest absolute Gasteiger partial charge is 0.251 e. The van der Waals surface area contributed by atoms with Crippen molar-refractivity contribution in [3.63, 3.8) is 0 Å². The first kappa shape index (κ1) is 15.9. The predicted molar refractivity (Wildman–Crippen MR) is 92.7 cm³/mol. The van der Waals surface area contributed by atoms with E-state index in [9.17, 15) is 4.39 Å². The van der Waals surface area contributed by atoms with Crippen molar-refractivity contribution in [2.24, 2.45) is 0 Å². The second-order valence-corrected chi connectivity index (χ2v) is 5.17. The van der Waals surface area contributed by atoms with E-state index in [1.54, 1.807) is 18.2 Å². The number of anilines is 3. The van der Waals surface area contributed by atoms with Crippen molar-refractivity contribution in [3.8, 4) is 0 Å². The third-order valence-corrected chi connectivity index (χ3v) is 3.59. The average Bonchev–Trinajstić information content (AvgIpc) is 2.63. The minimum absolute atomic E-state index is 0.244. The van der Waals surface area contributed by atoms with E-state index in [2.05, 4.69) is 20.5 Å². The number of nitrogens with one attached hydrogen (secondary N) is 1. The number of nitrogens with zero attached hydrogens (tertiary/aromatic N) is 4. The van der Waals surface area contributed by atoms with Crippen LogP contribution in [0.1, 0.15) is 12.5 Å². The highest BCUT2D eigenvalue weighted by molar-refractivity contribution is 5.57. The third-order valence-electron chi connectivity index (χ3n) is 3.59. The molecule has 122 valence electrons. The number of benzene rings is 2. The molecule has 0 aliphatic rings. The van der Waals surface area contributed by atoms with Gasteiger partial charge in [0.05, 0.1) is 6.20 Å². The molecule has 1 aromatic heterocycles. The number of hydrogen-bond acceptors (Lipinski definition) is 5. The second kappa shape index (κ2) is 7.50. The standard InChI is InChI=1S/C18H18FN5/c1-2-24(15-9-4-3-5-10-15)18-22-17(13-21-23-18)20-12-14-8-6-7-11-16(14)19/h3-11,13H,2,12H2,1H3,(H,20,22,23). The van der Waals surface area contributed by atoms with Crippen molar-refractivity contribution in [3.05, 3.63) is 72.2 Å². The van der Waals surface area contributed by atoms with Crippen LogP contribution < -0.4 is 10.2 Å². The molecule has 0 aliphatic heterocycles. The zero-order valence-corrected chi connectivity index (χ0v) is 13.4. The Kier molecular flexibility index (Phi) is 4.96. The maximum absolute atomic E-state index is 13.7. The highest BCUT2D eigenvalue weighted by Gasteiger charge is 2.11. The molecular weight excluding hydrogens is 305 g/mol. The van der Waals surface area contributed by atoms with Crippen LogP contribution in [0.5, 0.6) is 0 Å². The first-order valence-corrected chi connectivity index (χ1v) is 7.77. The Balaban J connectivity index is 1.77. The largest absolute Gasteiger partial charge is 0.364 e. The molecule has 0 aliphatic carbocycles. The van der Waals surface area contributed by atoms with Crippen molar-refractivity contribution in [1.29, 1.82) is 0 Å². The van der Waals surface area contributed by atoms with Crippen LogP contribution in [-0.2, 0) is 6.54 Å². The molecule has 0 bridgehead atoms. The summed E-state index contributed by atoms with van der Waals surface area (Å²) < 4.78 is 13.7. The van der Waals surface area contributed by atoms with Crippen molar-refractivity contribution >= 4 is 17.5 Å². The highest BCUT2D eigenvalue weighted by atomic mass is 19.1. The molecule has 24 heavy (non-hydrogen) atoms. The van der Waals surface area contributed by atoms with E-state index in [0.717, 1.165) is 5.69 Å². The van der Waals surface area contributed by atoms with E-state index in [0.29, 0.717) is 30.4 Å². The predicted octanol–water partition coefficient (Wildman–Crippen LogP) is 3.78. The van der Waals surface area contributed by atoms with Gasteiger partial charge in [0.1, 0.15) is 5.82 Å². The molecule has 3 aromatic rings. The summed E-state index contributed by atoms with van der Waals surface area (Å²) in [5, 5.41) is 11.2. The first-order chi connectivity index (χ1) is 11.8. The molecule has 0 atom stereocenters.